The van der Waals surface area contributed by atoms with Crippen LogP contribution in [0.3, 0.4) is 0 Å². The van der Waals surface area contributed by atoms with E-state index in [1.165, 1.54) is 0 Å². The molecule has 5 rings (SSSR count). The maximum atomic E-state index is 6.72. The molecule has 0 saturated carbocycles. The molecule has 0 fully saturated rings. The Morgan fingerprint density at radius 2 is 1.27 bits per heavy atom. The first kappa shape index (κ1) is 50.0. The lowest BCUT2D eigenvalue weighted by atomic mass is 9.79. The minimum absolute atomic E-state index is 0.0180. The van der Waals surface area contributed by atoms with Crippen LogP contribution in [0.2, 0.25) is 0 Å². The first-order chi connectivity index (χ1) is 29.1. The normalized spacial score (nSPS) is 14.4. The minimum atomic E-state index is -0.247. The lowest BCUT2D eigenvalue weighted by molar-refractivity contribution is 0.193. The van der Waals surface area contributed by atoms with Crippen molar-refractivity contribution in [2.75, 3.05) is 26.2 Å². The third-order valence-electron chi connectivity index (χ3n) is 11.8. The molecule has 3 N–H and O–H groups in total. The molecular formula is C54H82N4O5. The predicted molar refractivity (Wildman–Crippen MR) is 262 cm³/mol. The fourth-order valence-corrected chi connectivity index (χ4v) is 7.64. The van der Waals surface area contributed by atoms with Crippen LogP contribution in [0.15, 0.2) is 69.6 Å². The molecule has 2 atom stereocenters. The highest BCUT2D eigenvalue weighted by Crippen LogP contribution is 2.39. The summed E-state index contributed by atoms with van der Waals surface area (Å²) in [5.41, 5.74) is 3.56. The molecule has 0 radical (unpaired) electrons. The number of ether oxygens (including phenoxy) is 3. The van der Waals surface area contributed by atoms with Crippen molar-refractivity contribution < 1.29 is 23.0 Å². The Bertz CT molecular complexity index is 2240. The lowest BCUT2D eigenvalue weighted by Gasteiger charge is -2.32. The molecule has 0 saturated heterocycles. The van der Waals surface area contributed by atoms with Crippen LogP contribution in [-0.4, -0.2) is 60.0 Å². The third kappa shape index (κ3) is 15.0. The maximum absolute atomic E-state index is 6.72. The van der Waals surface area contributed by atoms with Crippen LogP contribution in [-0.2, 0) is 22.7 Å². The topological polar surface area (TPSA) is 103 Å². The van der Waals surface area contributed by atoms with E-state index in [9.17, 15) is 0 Å². The van der Waals surface area contributed by atoms with E-state index in [0.717, 1.165) is 94.9 Å². The second-order valence-electron chi connectivity index (χ2n) is 23.1. The van der Waals surface area contributed by atoms with Gasteiger partial charge in [-0.1, -0.05) is 48.5 Å². The number of hydrogen-bond donors (Lipinski definition) is 3. The number of hydrogen-bond acceptors (Lipinski definition) is 9. The molecule has 0 spiro atoms. The van der Waals surface area contributed by atoms with Gasteiger partial charge in [0.15, 0.2) is 0 Å². The number of fused-ring (bicyclic) bond motifs is 2. The van der Waals surface area contributed by atoms with Gasteiger partial charge in [-0.05, 0) is 167 Å². The number of furan rings is 2. The van der Waals surface area contributed by atoms with Crippen LogP contribution in [0, 0.1) is 0 Å². The second kappa shape index (κ2) is 19.6. The zero-order valence-corrected chi connectivity index (χ0v) is 42.1. The van der Waals surface area contributed by atoms with Gasteiger partial charge in [-0.2, -0.15) is 0 Å². The van der Waals surface area contributed by atoms with Gasteiger partial charge in [0, 0.05) is 63.6 Å². The zero-order chi connectivity index (χ0) is 46.6. The first-order valence-corrected chi connectivity index (χ1v) is 23.4. The average molecular weight is 867 g/mol. The second-order valence-corrected chi connectivity index (χ2v) is 23.1. The summed E-state index contributed by atoms with van der Waals surface area (Å²) in [5, 5.41) is 13.0. The summed E-state index contributed by atoms with van der Waals surface area (Å²) < 4.78 is 32.2. The molecule has 0 amide bonds. The van der Waals surface area contributed by atoms with Crippen molar-refractivity contribution in [2.45, 2.75) is 188 Å². The molecule has 3 aromatic heterocycles. The Balaban J connectivity index is 1.22. The fraction of sp³-hybridized carbons (Fsp3) is 0.611. The summed E-state index contributed by atoms with van der Waals surface area (Å²) in [6.07, 6.45) is 5.38. The van der Waals surface area contributed by atoms with E-state index in [0.29, 0.717) is 19.0 Å². The summed E-state index contributed by atoms with van der Waals surface area (Å²) in [7, 11) is 0. The van der Waals surface area contributed by atoms with Gasteiger partial charge < -0.3 is 39.0 Å². The summed E-state index contributed by atoms with van der Waals surface area (Å²) >= 11 is 0. The highest BCUT2D eigenvalue weighted by atomic mass is 16.5. The maximum Gasteiger partial charge on any atom is 0.213 e. The van der Waals surface area contributed by atoms with Crippen LogP contribution in [0.5, 0.6) is 17.4 Å². The van der Waals surface area contributed by atoms with Crippen molar-refractivity contribution in [2.24, 2.45) is 0 Å². The first-order valence-electron chi connectivity index (χ1n) is 23.4. The quantitative estimate of drug-likeness (QED) is 0.0622. The average Bonchev–Trinajstić information content (AvgIpc) is 3.81. The van der Waals surface area contributed by atoms with Crippen molar-refractivity contribution in [3.8, 4) is 17.4 Å². The Kier molecular flexibility index (Phi) is 15.5. The molecular weight excluding hydrogens is 785 g/mol. The standard InChI is InChI=1S/C54H82N4O5/c1-36(35-58-54(16,17)23-22-52(12,13)46-30-38-27-42(19-20-44(38)62-46)59-26-18-24-56-50(6,7)8)60-43-28-39-31-45(49(3,4)5)63-48(39)40(29-43)33-53(14,15)41-21-25-55-47(32-41)61-37(2)34-57-51(9,10)11/h19-21,25,27-32,36-37,56-58H,18,22-24,26,33-35H2,1-17H3/t36-,37+/m0/s1. The van der Waals surface area contributed by atoms with Crippen LogP contribution >= 0.6 is 0 Å². The van der Waals surface area contributed by atoms with Crippen molar-refractivity contribution >= 4 is 21.9 Å². The van der Waals surface area contributed by atoms with E-state index in [4.69, 9.17) is 23.0 Å². The number of nitrogens with zero attached hydrogens (tertiary/aromatic N) is 1. The summed E-state index contributed by atoms with van der Waals surface area (Å²) in [6.45, 7) is 40.5. The molecule has 5 aromatic rings. The highest BCUT2D eigenvalue weighted by Gasteiger charge is 2.30. The van der Waals surface area contributed by atoms with Crippen LogP contribution in [0.1, 0.15) is 160 Å². The highest BCUT2D eigenvalue weighted by molar-refractivity contribution is 5.83. The van der Waals surface area contributed by atoms with Gasteiger partial charge in [0.05, 0.1) is 6.61 Å². The molecule has 0 aliphatic heterocycles. The van der Waals surface area contributed by atoms with Gasteiger partial charge in [-0.15, -0.1) is 0 Å². The fourth-order valence-electron chi connectivity index (χ4n) is 7.64. The predicted octanol–water partition coefficient (Wildman–Crippen LogP) is 12.6. The molecule has 9 nitrogen and oxygen atoms in total. The largest absolute Gasteiger partial charge is 0.494 e. The van der Waals surface area contributed by atoms with Crippen LogP contribution in [0.4, 0.5) is 0 Å². The SMILES string of the molecule is C[C@H](CNC(C)(C)C)Oc1cc(C(C)(C)Cc2cc(O[C@@H](C)CNC(C)(C)CCC(C)(C)c3cc4cc(OCCCNC(C)(C)C)ccc4o3)cc3cc(C(C)(C)C)oc23)ccn1. The van der Waals surface area contributed by atoms with E-state index in [1.54, 1.807) is 0 Å². The van der Waals surface area contributed by atoms with Gasteiger partial charge >= 0.3 is 0 Å². The van der Waals surface area contributed by atoms with E-state index >= 15 is 0 Å². The summed E-state index contributed by atoms with van der Waals surface area (Å²) in [6, 6.07) is 19.0. The minimum Gasteiger partial charge on any atom is -0.494 e. The van der Waals surface area contributed by atoms with E-state index in [-0.39, 0.29) is 45.1 Å². The Hall–Kier alpha value is -4.05. The van der Waals surface area contributed by atoms with Crippen LogP contribution < -0.4 is 30.2 Å². The smallest absolute Gasteiger partial charge is 0.213 e. The molecule has 63 heavy (non-hydrogen) atoms. The molecule has 0 aliphatic rings. The van der Waals surface area contributed by atoms with E-state index in [2.05, 4.69) is 181 Å². The van der Waals surface area contributed by atoms with Crippen LogP contribution in [0.25, 0.3) is 21.9 Å². The van der Waals surface area contributed by atoms with E-state index in [1.807, 2.05) is 18.3 Å². The van der Waals surface area contributed by atoms with Crippen molar-refractivity contribution in [1.29, 1.82) is 0 Å². The lowest BCUT2D eigenvalue weighted by Crippen LogP contribution is -2.44. The summed E-state index contributed by atoms with van der Waals surface area (Å²) in [5.74, 6) is 4.32. The number of nitrogens with one attached hydrogen (secondary N) is 3. The van der Waals surface area contributed by atoms with Gasteiger partial charge in [0.25, 0.3) is 0 Å². The van der Waals surface area contributed by atoms with Crippen molar-refractivity contribution in [1.82, 2.24) is 20.9 Å². The van der Waals surface area contributed by atoms with Gasteiger partial charge in [-0.3, -0.25) is 0 Å². The van der Waals surface area contributed by atoms with E-state index < -0.39 is 0 Å². The van der Waals surface area contributed by atoms with Gasteiger partial charge in [0.2, 0.25) is 5.88 Å². The van der Waals surface area contributed by atoms with Gasteiger partial charge in [0.1, 0.15) is 46.4 Å². The number of rotatable bonds is 21. The molecule has 0 aliphatic carbocycles. The number of aromatic nitrogens is 1. The molecule has 0 unspecified atom stereocenters. The Labute approximate surface area is 380 Å². The Morgan fingerprint density at radius 3 is 1.95 bits per heavy atom. The molecule has 0 bridgehead atoms. The van der Waals surface area contributed by atoms with Crippen molar-refractivity contribution in [3.05, 3.63) is 83.4 Å². The monoisotopic (exact) mass is 867 g/mol. The van der Waals surface area contributed by atoms with Crippen molar-refractivity contribution in [3.63, 3.8) is 0 Å². The molecule has 348 valence electrons. The zero-order valence-electron chi connectivity index (χ0n) is 42.1. The molecule has 3 heterocycles. The van der Waals surface area contributed by atoms with Gasteiger partial charge in [-0.25, -0.2) is 4.98 Å². The Morgan fingerprint density at radius 1 is 0.619 bits per heavy atom. The third-order valence-corrected chi connectivity index (χ3v) is 11.8. The number of benzene rings is 2. The number of pyridine rings is 1. The summed E-state index contributed by atoms with van der Waals surface area (Å²) in [4.78, 5) is 4.57. The molecule has 9 heteroatoms. The molecule has 2 aromatic carbocycles.